The molecule has 5 heteroatoms. The number of rotatable bonds is 6. The second-order valence-electron chi connectivity index (χ2n) is 5.11. The highest BCUT2D eigenvalue weighted by Gasteiger charge is 2.27. The molecule has 0 aliphatic carbocycles. The third-order valence-electron chi connectivity index (χ3n) is 3.86. The zero-order valence-electron chi connectivity index (χ0n) is 11.9. The number of benzene rings is 1. The van der Waals surface area contributed by atoms with Gasteiger partial charge in [-0.3, -0.25) is 4.90 Å². The summed E-state index contributed by atoms with van der Waals surface area (Å²) in [7, 11) is 1.78. The van der Waals surface area contributed by atoms with Gasteiger partial charge in [0.15, 0.2) is 0 Å². The quantitative estimate of drug-likeness (QED) is 0.874. The van der Waals surface area contributed by atoms with Crippen molar-refractivity contribution >= 4 is 11.6 Å². The fourth-order valence-electron chi connectivity index (χ4n) is 2.63. The maximum Gasteiger partial charge on any atom is 0.119 e. The molecule has 1 heterocycles. The minimum Gasteiger partial charge on any atom is -0.492 e. The molecule has 2 rings (SSSR count). The van der Waals surface area contributed by atoms with Crippen LogP contribution in [0.5, 0.6) is 5.75 Å². The molecule has 1 saturated heterocycles. The van der Waals surface area contributed by atoms with Crippen LogP contribution in [0.15, 0.2) is 24.3 Å². The molecule has 0 amide bonds. The second-order valence-corrected chi connectivity index (χ2v) is 5.55. The van der Waals surface area contributed by atoms with E-state index in [4.69, 9.17) is 26.8 Å². The van der Waals surface area contributed by atoms with Gasteiger partial charge < -0.3 is 15.2 Å². The number of halogens is 1. The summed E-state index contributed by atoms with van der Waals surface area (Å²) < 4.78 is 11.2. The summed E-state index contributed by atoms with van der Waals surface area (Å²) in [5.41, 5.74) is 5.86. The van der Waals surface area contributed by atoms with Gasteiger partial charge in [-0.2, -0.15) is 0 Å². The van der Waals surface area contributed by atoms with Crippen LogP contribution in [-0.4, -0.2) is 50.4 Å². The third-order valence-corrected chi connectivity index (χ3v) is 4.11. The van der Waals surface area contributed by atoms with E-state index in [1.165, 1.54) is 0 Å². The number of hydrogen-bond donors (Lipinski definition) is 1. The molecular formula is C15H23ClN2O2. The molecule has 1 fully saturated rings. The van der Waals surface area contributed by atoms with Crippen molar-refractivity contribution in [2.45, 2.75) is 25.0 Å². The van der Waals surface area contributed by atoms with E-state index in [9.17, 15) is 0 Å². The summed E-state index contributed by atoms with van der Waals surface area (Å²) in [5.74, 6) is 0.852. The highest BCUT2D eigenvalue weighted by atomic mass is 35.5. The molecule has 1 aromatic carbocycles. The Morgan fingerprint density at radius 3 is 2.75 bits per heavy atom. The fourth-order valence-corrected chi connectivity index (χ4v) is 2.75. The number of nitrogens with two attached hydrogens (primary N) is 1. The van der Waals surface area contributed by atoms with Gasteiger partial charge in [0.1, 0.15) is 12.4 Å². The molecular weight excluding hydrogens is 276 g/mol. The zero-order chi connectivity index (χ0) is 14.4. The SMILES string of the molecule is COC1CCN(CCOc2ccc(Cl)cc2)C(CN)C1. The van der Waals surface area contributed by atoms with Crippen molar-refractivity contribution in [2.24, 2.45) is 5.73 Å². The van der Waals surface area contributed by atoms with Crippen LogP contribution in [0.3, 0.4) is 0 Å². The van der Waals surface area contributed by atoms with Gasteiger partial charge >= 0.3 is 0 Å². The van der Waals surface area contributed by atoms with Crippen molar-refractivity contribution in [1.29, 1.82) is 0 Å². The zero-order valence-corrected chi connectivity index (χ0v) is 12.7. The Hall–Kier alpha value is -0.810. The molecule has 2 unspecified atom stereocenters. The lowest BCUT2D eigenvalue weighted by Crippen LogP contribution is -2.49. The van der Waals surface area contributed by atoms with Gasteiger partial charge in [0.25, 0.3) is 0 Å². The van der Waals surface area contributed by atoms with Crippen molar-refractivity contribution < 1.29 is 9.47 Å². The van der Waals surface area contributed by atoms with E-state index in [1.807, 2.05) is 24.3 Å². The van der Waals surface area contributed by atoms with Gasteiger partial charge in [0.05, 0.1) is 6.10 Å². The normalized spacial score (nSPS) is 23.8. The molecule has 20 heavy (non-hydrogen) atoms. The van der Waals surface area contributed by atoms with E-state index in [1.54, 1.807) is 7.11 Å². The fraction of sp³-hybridized carbons (Fsp3) is 0.600. The number of methoxy groups -OCH3 is 1. The maximum absolute atomic E-state index is 5.86. The van der Waals surface area contributed by atoms with Crippen molar-refractivity contribution in [3.05, 3.63) is 29.3 Å². The van der Waals surface area contributed by atoms with Gasteiger partial charge in [0.2, 0.25) is 0 Å². The van der Waals surface area contributed by atoms with Crippen LogP contribution >= 0.6 is 11.6 Å². The molecule has 1 aromatic rings. The minimum absolute atomic E-state index is 0.344. The van der Waals surface area contributed by atoms with Crippen LogP contribution < -0.4 is 10.5 Å². The highest BCUT2D eigenvalue weighted by molar-refractivity contribution is 6.30. The Morgan fingerprint density at radius 2 is 2.10 bits per heavy atom. The molecule has 4 nitrogen and oxygen atoms in total. The molecule has 1 aliphatic heterocycles. The molecule has 112 valence electrons. The first-order valence-electron chi connectivity index (χ1n) is 7.08. The number of hydrogen-bond acceptors (Lipinski definition) is 4. The van der Waals surface area contributed by atoms with E-state index < -0.39 is 0 Å². The van der Waals surface area contributed by atoms with E-state index in [-0.39, 0.29) is 0 Å². The van der Waals surface area contributed by atoms with E-state index in [2.05, 4.69) is 4.90 Å². The van der Waals surface area contributed by atoms with E-state index in [0.717, 1.165) is 36.7 Å². The molecule has 0 saturated carbocycles. The predicted octanol–water partition coefficient (Wildman–Crippen LogP) is 2.16. The number of piperidine rings is 1. The highest BCUT2D eigenvalue weighted by Crippen LogP contribution is 2.19. The maximum atomic E-state index is 5.86. The summed E-state index contributed by atoms with van der Waals surface area (Å²) in [5, 5.41) is 0.724. The number of ether oxygens (including phenoxy) is 2. The monoisotopic (exact) mass is 298 g/mol. The molecule has 1 aliphatic rings. The van der Waals surface area contributed by atoms with Crippen molar-refractivity contribution in [3.8, 4) is 5.75 Å². The Balaban J connectivity index is 1.76. The Kier molecular flexibility index (Phi) is 6.10. The van der Waals surface area contributed by atoms with Crippen LogP contribution in [0.25, 0.3) is 0 Å². The summed E-state index contributed by atoms with van der Waals surface area (Å²) in [4.78, 5) is 2.39. The Bertz CT molecular complexity index is 399. The third kappa shape index (κ3) is 4.35. The lowest BCUT2D eigenvalue weighted by atomic mass is 9.99. The van der Waals surface area contributed by atoms with Gasteiger partial charge in [0, 0.05) is 37.8 Å². The van der Waals surface area contributed by atoms with Crippen LogP contribution in [0.2, 0.25) is 5.02 Å². The van der Waals surface area contributed by atoms with Gasteiger partial charge in [-0.1, -0.05) is 11.6 Å². The van der Waals surface area contributed by atoms with Crippen LogP contribution in [0.1, 0.15) is 12.8 Å². The topological polar surface area (TPSA) is 47.7 Å². The van der Waals surface area contributed by atoms with Crippen LogP contribution in [0, 0.1) is 0 Å². The number of nitrogens with zero attached hydrogens (tertiary/aromatic N) is 1. The van der Waals surface area contributed by atoms with Crippen LogP contribution in [-0.2, 0) is 4.74 Å². The first-order valence-corrected chi connectivity index (χ1v) is 7.46. The number of likely N-dealkylation sites (tertiary alicyclic amines) is 1. The predicted molar refractivity (Wildman–Crippen MR) is 81.4 cm³/mol. The molecule has 0 aromatic heterocycles. The molecule has 2 atom stereocenters. The Labute approximate surface area is 125 Å². The average Bonchev–Trinajstić information content (AvgIpc) is 2.49. The van der Waals surface area contributed by atoms with E-state index >= 15 is 0 Å². The first kappa shape index (κ1) is 15.6. The lowest BCUT2D eigenvalue weighted by Gasteiger charge is -2.38. The molecule has 0 radical (unpaired) electrons. The summed E-state index contributed by atoms with van der Waals surface area (Å²) in [6.45, 7) is 3.24. The summed E-state index contributed by atoms with van der Waals surface area (Å²) in [6.07, 6.45) is 2.42. The van der Waals surface area contributed by atoms with Gasteiger partial charge in [-0.05, 0) is 37.1 Å². The van der Waals surface area contributed by atoms with Crippen molar-refractivity contribution in [3.63, 3.8) is 0 Å². The first-order chi connectivity index (χ1) is 9.72. The van der Waals surface area contributed by atoms with Crippen molar-refractivity contribution in [1.82, 2.24) is 4.90 Å². The largest absolute Gasteiger partial charge is 0.492 e. The second kappa shape index (κ2) is 7.84. The summed E-state index contributed by atoms with van der Waals surface area (Å²) >= 11 is 5.84. The smallest absolute Gasteiger partial charge is 0.119 e. The van der Waals surface area contributed by atoms with Crippen LogP contribution in [0.4, 0.5) is 0 Å². The molecule has 2 N–H and O–H groups in total. The lowest BCUT2D eigenvalue weighted by molar-refractivity contribution is 0.00923. The average molecular weight is 299 g/mol. The van der Waals surface area contributed by atoms with Crippen molar-refractivity contribution in [2.75, 3.05) is 33.4 Å². The van der Waals surface area contributed by atoms with E-state index in [0.29, 0.717) is 25.3 Å². The molecule has 0 bridgehead atoms. The minimum atomic E-state index is 0.344. The van der Waals surface area contributed by atoms with Gasteiger partial charge in [-0.25, -0.2) is 0 Å². The Morgan fingerprint density at radius 1 is 1.35 bits per heavy atom. The molecule has 0 spiro atoms. The summed E-state index contributed by atoms with van der Waals surface area (Å²) in [6, 6.07) is 7.84. The standard InChI is InChI=1S/C15H23ClN2O2/c1-19-15-6-7-18(13(10-15)11-17)8-9-20-14-4-2-12(16)3-5-14/h2-5,13,15H,6-11,17H2,1H3. The van der Waals surface area contributed by atoms with Gasteiger partial charge in [-0.15, -0.1) is 0 Å².